The Bertz CT molecular complexity index is 639. The Labute approximate surface area is 121 Å². The van der Waals surface area contributed by atoms with Crippen LogP contribution in [0.25, 0.3) is 0 Å². The number of hydrogen-bond acceptors (Lipinski definition) is 4. The Morgan fingerprint density at radius 2 is 2.30 bits per heavy atom. The molecule has 106 valence electrons. The molecule has 0 atom stereocenters. The summed E-state index contributed by atoms with van der Waals surface area (Å²) in [7, 11) is 1.71. The molecule has 1 aromatic heterocycles. The number of amides is 1. The molecule has 0 fully saturated rings. The van der Waals surface area contributed by atoms with Gasteiger partial charge in [0.05, 0.1) is 11.4 Å². The van der Waals surface area contributed by atoms with E-state index in [0.29, 0.717) is 28.0 Å². The van der Waals surface area contributed by atoms with Gasteiger partial charge in [-0.1, -0.05) is 17.7 Å². The first kappa shape index (κ1) is 14.2. The SMILES string of the molecule is Cc1nn(C)c(NC(=O)COc2cccc(Cl)c2)c1N. The summed E-state index contributed by atoms with van der Waals surface area (Å²) in [5.41, 5.74) is 6.94. The number of aryl methyl sites for hydroxylation is 2. The van der Waals surface area contributed by atoms with Gasteiger partial charge in [0.25, 0.3) is 5.91 Å². The molecule has 0 bridgehead atoms. The third-order valence-corrected chi connectivity index (χ3v) is 2.93. The van der Waals surface area contributed by atoms with Crippen molar-refractivity contribution in [3.05, 3.63) is 35.0 Å². The second-order valence-corrected chi connectivity index (χ2v) is 4.70. The number of benzene rings is 1. The van der Waals surface area contributed by atoms with Crippen LogP contribution in [-0.2, 0) is 11.8 Å². The van der Waals surface area contributed by atoms with Gasteiger partial charge in [0, 0.05) is 12.1 Å². The molecule has 0 aliphatic rings. The highest BCUT2D eigenvalue weighted by molar-refractivity contribution is 6.30. The van der Waals surface area contributed by atoms with Gasteiger partial charge in [-0.25, -0.2) is 0 Å². The molecular formula is C13H15ClN4O2. The lowest BCUT2D eigenvalue weighted by Crippen LogP contribution is -2.22. The average molecular weight is 295 g/mol. The van der Waals surface area contributed by atoms with E-state index in [9.17, 15) is 4.79 Å². The molecule has 7 heteroatoms. The predicted octanol–water partition coefficient (Wildman–Crippen LogP) is 1.98. The molecule has 0 aliphatic carbocycles. The number of ether oxygens (including phenoxy) is 1. The van der Waals surface area contributed by atoms with Crippen molar-refractivity contribution in [1.29, 1.82) is 0 Å². The molecule has 20 heavy (non-hydrogen) atoms. The van der Waals surface area contributed by atoms with Gasteiger partial charge < -0.3 is 15.8 Å². The van der Waals surface area contributed by atoms with Crippen molar-refractivity contribution < 1.29 is 9.53 Å². The lowest BCUT2D eigenvalue weighted by atomic mass is 10.3. The highest BCUT2D eigenvalue weighted by atomic mass is 35.5. The van der Waals surface area contributed by atoms with E-state index in [4.69, 9.17) is 22.1 Å². The maximum Gasteiger partial charge on any atom is 0.263 e. The molecule has 3 N–H and O–H groups in total. The summed E-state index contributed by atoms with van der Waals surface area (Å²) in [6.45, 7) is 1.64. The highest BCUT2D eigenvalue weighted by Gasteiger charge is 2.13. The Morgan fingerprint density at radius 3 is 2.90 bits per heavy atom. The second kappa shape index (κ2) is 5.83. The van der Waals surface area contributed by atoms with Crippen molar-refractivity contribution in [2.45, 2.75) is 6.92 Å². The zero-order valence-corrected chi connectivity index (χ0v) is 11.9. The fourth-order valence-electron chi connectivity index (χ4n) is 1.70. The molecular weight excluding hydrogens is 280 g/mol. The Morgan fingerprint density at radius 1 is 1.55 bits per heavy atom. The summed E-state index contributed by atoms with van der Waals surface area (Å²) in [4.78, 5) is 11.8. The normalized spacial score (nSPS) is 10.3. The van der Waals surface area contributed by atoms with Crippen LogP contribution in [0.2, 0.25) is 5.02 Å². The van der Waals surface area contributed by atoms with Crippen LogP contribution >= 0.6 is 11.6 Å². The number of nitrogen functional groups attached to an aromatic ring is 1. The van der Waals surface area contributed by atoms with Crippen LogP contribution in [0.3, 0.4) is 0 Å². The maximum atomic E-state index is 11.8. The summed E-state index contributed by atoms with van der Waals surface area (Å²) in [5.74, 6) is 0.670. The van der Waals surface area contributed by atoms with Gasteiger partial charge >= 0.3 is 0 Å². The molecule has 0 aliphatic heterocycles. The monoisotopic (exact) mass is 294 g/mol. The lowest BCUT2D eigenvalue weighted by molar-refractivity contribution is -0.118. The number of aromatic nitrogens is 2. The van der Waals surface area contributed by atoms with Crippen molar-refractivity contribution in [3.63, 3.8) is 0 Å². The number of anilines is 2. The van der Waals surface area contributed by atoms with Gasteiger partial charge in [-0.2, -0.15) is 5.10 Å². The van der Waals surface area contributed by atoms with E-state index >= 15 is 0 Å². The standard InChI is InChI=1S/C13H15ClN4O2/c1-8-12(15)13(18(2)17-8)16-11(19)7-20-10-5-3-4-9(14)6-10/h3-6H,7,15H2,1-2H3,(H,16,19). The minimum Gasteiger partial charge on any atom is -0.484 e. The zero-order chi connectivity index (χ0) is 14.7. The van der Waals surface area contributed by atoms with Gasteiger partial charge in [-0.3, -0.25) is 9.48 Å². The van der Waals surface area contributed by atoms with Gasteiger partial charge in [0.2, 0.25) is 0 Å². The topological polar surface area (TPSA) is 82.2 Å². The number of nitrogens with two attached hydrogens (primary N) is 1. The third kappa shape index (κ3) is 3.21. The molecule has 1 aromatic carbocycles. The highest BCUT2D eigenvalue weighted by Crippen LogP contribution is 2.21. The van der Waals surface area contributed by atoms with Crippen LogP contribution in [0.15, 0.2) is 24.3 Å². The van der Waals surface area contributed by atoms with E-state index < -0.39 is 0 Å². The number of halogens is 1. The average Bonchev–Trinajstić information content (AvgIpc) is 2.63. The first-order valence-electron chi connectivity index (χ1n) is 5.94. The molecule has 0 radical (unpaired) electrons. The summed E-state index contributed by atoms with van der Waals surface area (Å²) in [5, 5.41) is 7.33. The molecule has 6 nitrogen and oxygen atoms in total. The van der Waals surface area contributed by atoms with E-state index in [2.05, 4.69) is 10.4 Å². The maximum absolute atomic E-state index is 11.8. The fraction of sp³-hybridized carbons (Fsp3) is 0.231. The summed E-state index contributed by atoms with van der Waals surface area (Å²) >= 11 is 5.83. The Kier molecular flexibility index (Phi) is 4.14. The lowest BCUT2D eigenvalue weighted by Gasteiger charge is -2.08. The third-order valence-electron chi connectivity index (χ3n) is 2.69. The second-order valence-electron chi connectivity index (χ2n) is 4.27. The van der Waals surface area contributed by atoms with E-state index in [-0.39, 0.29) is 12.5 Å². The van der Waals surface area contributed by atoms with Gasteiger partial charge in [-0.05, 0) is 25.1 Å². The zero-order valence-electron chi connectivity index (χ0n) is 11.2. The molecule has 0 saturated heterocycles. The smallest absolute Gasteiger partial charge is 0.263 e. The van der Waals surface area contributed by atoms with Crippen LogP contribution in [0.5, 0.6) is 5.75 Å². The van der Waals surface area contributed by atoms with Crippen LogP contribution in [0.4, 0.5) is 11.5 Å². The summed E-state index contributed by atoms with van der Waals surface area (Å²) in [6.07, 6.45) is 0. The number of carbonyl (C=O) groups excluding carboxylic acids is 1. The number of nitrogens with one attached hydrogen (secondary N) is 1. The molecule has 0 spiro atoms. The first-order chi connectivity index (χ1) is 9.47. The molecule has 2 aromatic rings. The van der Waals surface area contributed by atoms with Crippen molar-refractivity contribution in [2.75, 3.05) is 17.7 Å². The molecule has 0 unspecified atom stereocenters. The van der Waals surface area contributed by atoms with Crippen molar-refractivity contribution >= 4 is 29.0 Å². The molecule has 2 rings (SSSR count). The first-order valence-corrected chi connectivity index (χ1v) is 6.32. The van der Waals surface area contributed by atoms with E-state index in [1.165, 1.54) is 4.68 Å². The number of rotatable bonds is 4. The van der Waals surface area contributed by atoms with E-state index in [1.807, 2.05) is 0 Å². The van der Waals surface area contributed by atoms with Gasteiger partial charge in [0.15, 0.2) is 12.4 Å². The van der Waals surface area contributed by atoms with Crippen molar-refractivity contribution in [3.8, 4) is 5.75 Å². The van der Waals surface area contributed by atoms with Gasteiger partial charge in [0.1, 0.15) is 5.75 Å². The summed E-state index contributed by atoms with van der Waals surface area (Å²) < 4.78 is 6.86. The minimum atomic E-state index is -0.320. The van der Waals surface area contributed by atoms with Crippen molar-refractivity contribution in [2.24, 2.45) is 7.05 Å². The number of carbonyl (C=O) groups is 1. The summed E-state index contributed by atoms with van der Waals surface area (Å²) in [6, 6.07) is 6.84. The quantitative estimate of drug-likeness (QED) is 0.903. The molecule has 1 amide bonds. The van der Waals surface area contributed by atoms with Crippen LogP contribution < -0.4 is 15.8 Å². The van der Waals surface area contributed by atoms with E-state index in [1.54, 1.807) is 38.2 Å². The number of nitrogens with zero attached hydrogens (tertiary/aromatic N) is 2. The van der Waals surface area contributed by atoms with Crippen LogP contribution in [0, 0.1) is 6.92 Å². The Hall–Kier alpha value is -2.21. The predicted molar refractivity (Wildman–Crippen MR) is 77.9 cm³/mol. The molecule has 1 heterocycles. The fourth-order valence-corrected chi connectivity index (χ4v) is 1.88. The van der Waals surface area contributed by atoms with E-state index in [0.717, 1.165) is 0 Å². The minimum absolute atomic E-state index is 0.135. The molecule has 0 saturated carbocycles. The number of hydrogen-bond donors (Lipinski definition) is 2. The largest absolute Gasteiger partial charge is 0.484 e. The van der Waals surface area contributed by atoms with Crippen LogP contribution in [-0.4, -0.2) is 22.3 Å². The Balaban J connectivity index is 1.96. The van der Waals surface area contributed by atoms with Crippen LogP contribution in [0.1, 0.15) is 5.69 Å². The van der Waals surface area contributed by atoms with Gasteiger partial charge in [-0.15, -0.1) is 0 Å². The van der Waals surface area contributed by atoms with Crippen molar-refractivity contribution in [1.82, 2.24) is 9.78 Å².